The van der Waals surface area contributed by atoms with Crippen LogP contribution in [-0.4, -0.2) is 50.6 Å². The molecule has 1 amide bonds. The summed E-state index contributed by atoms with van der Waals surface area (Å²) in [5.41, 5.74) is 3.82. The van der Waals surface area contributed by atoms with Crippen molar-refractivity contribution >= 4 is 11.6 Å². The van der Waals surface area contributed by atoms with E-state index in [1.54, 1.807) is 19.2 Å². The number of para-hydroxylation sites is 2. The van der Waals surface area contributed by atoms with E-state index in [1.165, 1.54) is 6.07 Å². The molecule has 0 saturated carbocycles. The second-order valence-corrected chi connectivity index (χ2v) is 6.77. The van der Waals surface area contributed by atoms with Crippen molar-refractivity contribution in [3.8, 4) is 5.75 Å². The van der Waals surface area contributed by atoms with Crippen LogP contribution in [0.15, 0.2) is 42.5 Å². The Bertz CT molecular complexity index is 814. The van der Waals surface area contributed by atoms with Crippen molar-refractivity contribution in [2.75, 3.05) is 38.7 Å². The Morgan fingerprint density at radius 1 is 1.30 bits per heavy atom. The molecule has 2 aromatic rings. The maximum atomic E-state index is 14.6. The molecule has 1 heterocycles. The van der Waals surface area contributed by atoms with Crippen molar-refractivity contribution in [2.45, 2.75) is 12.5 Å². The van der Waals surface area contributed by atoms with E-state index in [2.05, 4.69) is 16.8 Å². The van der Waals surface area contributed by atoms with E-state index in [0.29, 0.717) is 12.0 Å². The van der Waals surface area contributed by atoms with Crippen molar-refractivity contribution in [1.82, 2.24) is 10.3 Å². The molecule has 1 aliphatic rings. The van der Waals surface area contributed by atoms with Gasteiger partial charge in [-0.1, -0.05) is 18.2 Å². The summed E-state index contributed by atoms with van der Waals surface area (Å²) < 4.78 is 20.1. The lowest BCUT2D eigenvalue weighted by atomic mass is 9.99. The normalized spacial score (nSPS) is 17.6. The molecule has 1 unspecified atom stereocenters. The number of nitrogens with one attached hydrogen (secondary N) is 1. The number of nitrogens with two attached hydrogens (primary N) is 1. The number of piperazine rings is 1. The van der Waals surface area contributed by atoms with Crippen LogP contribution in [0.4, 0.5) is 10.1 Å². The van der Waals surface area contributed by atoms with E-state index in [4.69, 9.17) is 10.6 Å². The molecule has 6 nitrogen and oxygen atoms in total. The van der Waals surface area contributed by atoms with Gasteiger partial charge < -0.3 is 14.5 Å². The minimum atomic E-state index is -0.506. The van der Waals surface area contributed by atoms with Gasteiger partial charge in [-0.25, -0.2) is 10.2 Å². The number of anilines is 1. The molecule has 27 heavy (non-hydrogen) atoms. The number of rotatable bonds is 5. The lowest BCUT2D eigenvalue weighted by Gasteiger charge is -2.42. The summed E-state index contributed by atoms with van der Waals surface area (Å²) in [6.45, 7) is 2.56. The summed E-state index contributed by atoms with van der Waals surface area (Å²) in [6.07, 6.45) is 0.527. The molecule has 1 atom stereocenters. The fourth-order valence-corrected chi connectivity index (χ4v) is 3.56. The number of nitrogens with zero attached hydrogens (tertiary/aromatic N) is 2. The second-order valence-electron chi connectivity index (χ2n) is 6.77. The Morgan fingerprint density at radius 3 is 2.78 bits per heavy atom. The number of benzene rings is 2. The third-order valence-electron chi connectivity index (χ3n) is 4.98. The van der Waals surface area contributed by atoms with Gasteiger partial charge in [-0.05, 0) is 43.3 Å². The fourth-order valence-electron chi connectivity index (χ4n) is 3.56. The highest BCUT2D eigenvalue weighted by Gasteiger charge is 2.28. The zero-order valence-electron chi connectivity index (χ0n) is 15.6. The Labute approximate surface area is 158 Å². The molecule has 1 saturated heterocycles. The number of halogens is 1. The van der Waals surface area contributed by atoms with Crippen LogP contribution in [0.2, 0.25) is 0 Å². The molecule has 0 bridgehead atoms. The van der Waals surface area contributed by atoms with Gasteiger partial charge in [0.05, 0.1) is 12.8 Å². The van der Waals surface area contributed by atoms with Crippen LogP contribution in [-0.2, 0) is 6.42 Å². The predicted molar refractivity (Wildman–Crippen MR) is 103 cm³/mol. The number of carbonyl (C=O) groups is 1. The second kappa shape index (κ2) is 8.37. The Hall–Kier alpha value is -2.64. The first-order valence-electron chi connectivity index (χ1n) is 8.91. The number of hydrogen-bond donors (Lipinski definition) is 2. The monoisotopic (exact) mass is 372 g/mol. The number of amides is 1. The average Bonchev–Trinajstić information content (AvgIpc) is 2.69. The Morgan fingerprint density at radius 2 is 2.07 bits per heavy atom. The molecule has 1 aliphatic heterocycles. The van der Waals surface area contributed by atoms with Crippen LogP contribution in [0.1, 0.15) is 15.9 Å². The highest BCUT2D eigenvalue weighted by atomic mass is 19.1. The van der Waals surface area contributed by atoms with Gasteiger partial charge in [-0.3, -0.25) is 10.2 Å². The lowest BCUT2D eigenvalue weighted by Crippen LogP contribution is -2.53. The van der Waals surface area contributed by atoms with E-state index >= 15 is 0 Å². The van der Waals surface area contributed by atoms with Gasteiger partial charge in [0.15, 0.2) is 0 Å². The smallest absolute Gasteiger partial charge is 0.265 e. The van der Waals surface area contributed by atoms with Crippen LogP contribution in [0.25, 0.3) is 0 Å². The highest BCUT2D eigenvalue weighted by molar-refractivity contribution is 5.93. The van der Waals surface area contributed by atoms with E-state index in [1.807, 2.05) is 29.7 Å². The zero-order valence-corrected chi connectivity index (χ0v) is 15.6. The first-order valence-corrected chi connectivity index (χ1v) is 8.91. The summed E-state index contributed by atoms with van der Waals surface area (Å²) >= 11 is 0. The quantitative estimate of drug-likeness (QED) is 0.476. The molecule has 2 aromatic carbocycles. The number of ether oxygens (including phenoxy) is 1. The van der Waals surface area contributed by atoms with Crippen LogP contribution < -0.4 is 20.9 Å². The molecule has 0 spiro atoms. The van der Waals surface area contributed by atoms with Crippen molar-refractivity contribution in [3.63, 3.8) is 0 Å². The SMILES string of the molecule is COc1ccccc1N1CCN(C)CC1Cc1ccc(C(=O)NN)cc1F. The molecule has 0 radical (unpaired) electrons. The van der Waals surface area contributed by atoms with E-state index < -0.39 is 11.7 Å². The van der Waals surface area contributed by atoms with Gasteiger partial charge in [0.25, 0.3) is 5.91 Å². The average molecular weight is 372 g/mol. The third kappa shape index (κ3) is 4.20. The summed E-state index contributed by atoms with van der Waals surface area (Å²) in [7, 11) is 3.72. The largest absolute Gasteiger partial charge is 0.495 e. The van der Waals surface area contributed by atoms with Gasteiger partial charge in [-0.2, -0.15) is 0 Å². The molecular formula is C20H25FN4O2. The van der Waals surface area contributed by atoms with Gasteiger partial charge in [0.1, 0.15) is 11.6 Å². The van der Waals surface area contributed by atoms with E-state index in [-0.39, 0.29) is 11.6 Å². The van der Waals surface area contributed by atoms with E-state index in [9.17, 15) is 9.18 Å². The number of nitrogen functional groups attached to an aromatic ring is 1. The first kappa shape index (κ1) is 19.1. The number of likely N-dealkylation sites (N-methyl/N-ethyl adjacent to an activating group) is 1. The number of hydrazine groups is 1. The van der Waals surface area contributed by atoms with Gasteiger partial charge in [0, 0.05) is 31.2 Å². The van der Waals surface area contributed by atoms with Gasteiger partial charge in [0.2, 0.25) is 0 Å². The standard InChI is InChI=1S/C20H25FN4O2/c1-24-9-10-25(18-5-3-4-6-19(18)27-2)16(13-24)11-14-7-8-15(12-17(14)21)20(26)23-22/h3-8,12,16H,9-11,13,22H2,1-2H3,(H,23,26). The highest BCUT2D eigenvalue weighted by Crippen LogP contribution is 2.31. The van der Waals surface area contributed by atoms with Crippen LogP contribution in [0.3, 0.4) is 0 Å². The Balaban J connectivity index is 1.87. The van der Waals surface area contributed by atoms with Gasteiger partial charge >= 0.3 is 0 Å². The Kier molecular flexibility index (Phi) is 5.93. The van der Waals surface area contributed by atoms with Crippen molar-refractivity contribution in [3.05, 3.63) is 59.4 Å². The van der Waals surface area contributed by atoms with Crippen molar-refractivity contribution < 1.29 is 13.9 Å². The summed E-state index contributed by atoms with van der Waals surface area (Å²) in [5, 5.41) is 0. The molecule has 1 fully saturated rings. The molecule has 0 aliphatic carbocycles. The van der Waals surface area contributed by atoms with Crippen LogP contribution >= 0.6 is 0 Å². The minimum Gasteiger partial charge on any atom is -0.495 e. The van der Waals surface area contributed by atoms with Crippen molar-refractivity contribution in [1.29, 1.82) is 0 Å². The number of carbonyl (C=O) groups excluding carboxylic acids is 1. The maximum Gasteiger partial charge on any atom is 0.265 e. The van der Waals surface area contributed by atoms with Crippen LogP contribution in [0, 0.1) is 5.82 Å². The number of methoxy groups -OCH3 is 1. The maximum absolute atomic E-state index is 14.6. The van der Waals surface area contributed by atoms with Crippen LogP contribution in [0.5, 0.6) is 5.75 Å². The molecule has 0 aromatic heterocycles. The minimum absolute atomic E-state index is 0.0868. The lowest BCUT2D eigenvalue weighted by molar-refractivity contribution is 0.0953. The predicted octanol–water partition coefficient (Wildman–Crippen LogP) is 1.80. The molecule has 3 N–H and O–H groups in total. The molecular weight excluding hydrogens is 347 g/mol. The topological polar surface area (TPSA) is 70.8 Å². The van der Waals surface area contributed by atoms with Gasteiger partial charge in [-0.15, -0.1) is 0 Å². The summed E-state index contributed by atoms with van der Waals surface area (Å²) in [6, 6.07) is 12.5. The fraction of sp³-hybridized carbons (Fsp3) is 0.350. The summed E-state index contributed by atoms with van der Waals surface area (Å²) in [5.74, 6) is 5.02. The van der Waals surface area contributed by atoms with E-state index in [0.717, 1.165) is 31.1 Å². The first-order chi connectivity index (χ1) is 13.0. The third-order valence-corrected chi connectivity index (χ3v) is 4.98. The van der Waals surface area contributed by atoms with Crippen molar-refractivity contribution in [2.24, 2.45) is 5.84 Å². The number of hydrogen-bond acceptors (Lipinski definition) is 5. The summed E-state index contributed by atoms with van der Waals surface area (Å²) in [4.78, 5) is 16.1. The zero-order chi connectivity index (χ0) is 19.4. The molecule has 7 heteroatoms. The molecule has 144 valence electrons. The molecule has 3 rings (SSSR count).